The molecule has 0 amide bonds. The van der Waals surface area contributed by atoms with Crippen LogP contribution < -0.4 is 4.90 Å². The Morgan fingerprint density at radius 2 is 1.95 bits per heavy atom. The fourth-order valence-electron chi connectivity index (χ4n) is 2.54. The smallest absolute Gasteiger partial charge is 0.0702 e. The van der Waals surface area contributed by atoms with Crippen LogP contribution in [0.25, 0.3) is 0 Å². The van der Waals surface area contributed by atoms with Gasteiger partial charge in [-0.1, -0.05) is 17.7 Å². The van der Waals surface area contributed by atoms with Crippen LogP contribution in [0.2, 0.25) is 5.02 Å². The fraction of sp³-hybridized carbons (Fsp3) is 0.571. The van der Waals surface area contributed by atoms with Gasteiger partial charge in [0.05, 0.1) is 13.2 Å². The van der Waals surface area contributed by atoms with E-state index in [1.165, 1.54) is 0 Å². The van der Waals surface area contributed by atoms with Crippen LogP contribution in [0.4, 0.5) is 5.69 Å². The Morgan fingerprint density at radius 1 is 1.11 bits per heavy atom. The number of rotatable bonds is 4. The topological polar surface area (TPSA) is 46.9 Å². The van der Waals surface area contributed by atoms with Crippen molar-refractivity contribution in [1.82, 2.24) is 4.90 Å². The van der Waals surface area contributed by atoms with E-state index in [1.807, 2.05) is 18.2 Å². The molecule has 1 heterocycles. The number of hydrogen-bond acceptors (Lipinski definition) is 4. The number of aliphatic hydroxyl groups is 2. The SMILES string of the molecule is OCCN1CCCN(c2cc(Cl)ccc2CO)CC1. The first-order chi connectivity index (χ1) is 9.24. The largest absolute Gasteiger partial charge is 0.395 e. The molecule has 1 aliphatic rings. The lowest BCUT2D eigenvalue weighted by Crippen LogP contribution is -2.32. The first-order valence-corrected chi connectivity index (χ1v) is 7.10. The first-order valence-electron chi connectivity index (χ1n) is 6.72. The predicted octanol–water partition coefficient (Wildman–Crippen LogP) is 1.34. The Morgan fingerprint density at radius 3 is 2.68 bits per heavy atom. The second-order valence-electron chi connectivity index (χ2n) is 4.84. The molecule has 1 saturated heterocycles. The lowest BCUT2D eigenvalue weighted by Gasteiger charge is -2.25. The van der Waals surface area contributed by atoms with Crippen molar-refractivity contribution < 1.29 is 10.2 Å². The summed E-state index contributed by atoms with van der Waals surface area (Å²) < 4.78 is 0. The molecular weight excluding hydrogens is 264 g/mol. The molecule has 2 N–H and O–H groups in total. The summed E-state index contributed by atoms with van der Waals surface area (Å²) in [7, 11) is 0. The molecule has 0 unspecified atom stereocenters. The highest BCUT2D eigenvalue weighted by molar-refractivity contribution is 6.30. The molecule has 1 aromatic rings. The quantitative estimate of drug-likeness (QED) is 0.876. The highest BCUT2D eigenvalue weighted by Crippen LogP contribution is 2.26. The summed E-state index contributed by atoms with van der Waals surface area (Å²) in [5.74, 6) is 0. The summed E-state index contributed by atoms with van der Waals surface area (Å²) in [5.41, 5.74) is 1.95. The van der Waals surface area contributed by atoms with Crippen LogP contribution in [-0.4, -0.2) is 54.4 Å². The molecule has 1 fully saturated rings. The van der Waals surface area contributed by atoms with Gasteiger partial charge >= 0.3 is 0 Å². The van der Waals surface area contributed by atoms with Gasteiger partial charge in [0.2, 0.25) is 0 Å². The standard InChI is InChI=1S/C14H21ClN2O2/c15-13-3-2-12(11-19)14(10-13)17-5-1-4-16(6-7-17)8-9-18/h2-3,10,18-19H,1,4-9,11H2. The number of β-amino-alcohol motifs (C(OH)–C–C–N with tert-alkyl or cyclic N) is 1. The summed E-state index contributed by atoms with van der Waals surface area (Å²) in [6.45, 7) is 4.76. The minimum absolute atomic E-state index is 0.0311. The second kappa shape index (κ2) is 7.10. The van der Waals surface area contributed by atoms with Gasteiger partial charge in [-0.2, -0.15) is 0 Å². The number of nitrogens with zero attached hydrogens (tertiary/aromatic N) is 2. The molecule has 0 spiro atoms. The van der Waals surface area contributed by atoms with Crippen molar-refractivity contribution in [2.24, 2.45) is 0 Å². The fourth-order valence-corrected chi connectivity index (χ4v) is 2.71. The Balaban J connectivity index is 2.11. The monoisotopic (exact) mass is 284 g/mol. The maximum Gasteiger partial charge on any atom is 0.0702 e. The van der Waals surface area contributed by atoms with Crippen molar-refractivity contribution >= 4 is 17.3 Å². The summed E-state index contributed by atoms with van der Waals surface area (Å²) in [4.78, 5) is 4.54. The molecule has 5 heteroatoms. The van der Waals surface area contributed by atoms with E-state index in [9.17, 15) is 5.11 Å². The van der Waals surface area contributed by atoms with Crippen molar-refractivity contribution in [1.29, 1.82) is 0 Å². The van der Waals surface area contributed by atoms with E-state index in [-0.39, 0.29) is 13.2 Å². The van der Waals surface area contributed by atoms with Crippen LogP contribution in [0, 0.1) is 0 Å². The first kappa shape index (κ1) is 14.6. The van der Waals surface area contributed by atoms with Crippen LogP contribution in [0.15, 0.2) is 18.2 Å². The number of hydrogen-bond donors (Lipinski definition) is 2. The average Bonchev–Trinajstić information content (AvgIpc) is 2.65. The van der Waals surface area contributed by atoms with E-state index in [0.29, 0.717) is 5.02 Å². The lowest BCUT2D eigenvalue weighted by atomic mass is 10.1. The van der Waals surface area contributed by atoms with Gasteiger partial charge in [-0.3, -0.25) is 4.90 Å². The van der Waals surface area contributed by atoms with E-state index in [0.717, 1.165) is 50.4 Å². The van der Waals surface area contributed by atoms with Crippen molar-refractivity contribution in [3.63, 3.8) is 0 Å². The van der Waals surface area contributed by atoms with Crippen LogP contribution in [-0.2, 0) is 6.61 Å². The van der Waals surface area contributed by atoms with E-state index in [4.69, 9.17) is 16.7 Å². The minimum Gasteiger partial charge on any atom is -0.395 e. The number of benzene rings is 1. The molecule has 4 nitrogen and oxygen atoms in total. The second-order valence-corrected chi connectivity index (χ2v) is 5.27. The zero-order valence-electron chi connectivity index (χ0n) is 11.1. The summed E-state index contributed by atoms with van der Waals surface area (Å²) in [6.07, 6.45) is 1.05. The van der Waals surface area contributed by atoms with Crippen molar-refractivity contribution in [2.75, 3.05) is 44.2 Å². The molecule has 0 radical (unpaired) electrons. The van der Waals surface area contributed by atoms with Crippen LogP contribution in [0.5, 0.6) is 0 Å². The summed E-state index contributed by atoms with van der Waals surface area (Å²) >= 11 is 6.06. The Bertz CT molecular complexity index is 414. The highest BCUT2D eigenvalue weighted by atomic mass is 35.5. The lowest BCUT2D eigenvalue weighted by molar-refractivity contribution is 0.204. The van der Waals surface area contributed by atoms with Crippen molar-refractivity contribution in [3.8, 4) is 0 Å². The van der Waals surface area contributed by atoms with Crippen LogP contribution in [0.1, 0.15) is 12.0 Å². The Hall–Kier alpha value is -0.810. The number of aliphatic hydroxyl groups excluding tert-OH is 2. The maximum atomic E-state index is 9.43. The van der Waals surface area contributed by atoms with E-state index in [1.54, 1.807) is 0 Å². The third kappa shape index (κ3) is 3.83. The number of anilines is 1. The van der Waals surface area contributed by atoms with Gasteiger partial charge in [0.1, 0.15) is 0 Å². The van der Waals surface area contributed by atoms with Gasteiger partial charge in [0.25, 0.3) is 0 Å². The van der Waals surface area contributed by atoms with Crippen LogP contribution >= 0.6 is 11.6 Å². The molecular formula is C14H21ClN2O2. The van der Waals surface area contributed by atoms with Crippen LogP contribution in [0.3, 0.4) is 0 Å². The van der Waals surface area contributed by atoms with Gasteiger partial charge in [-0.05, 0) is 25.1 Å². The predicted molar refractivity (Wildman–Crippen MR) is 77.7 cm³/mol. The molecule has 0 atom stereocenters. The zero-order chi connectivity index (χ0) is 13.7. The molecule has 19 heavy (non-hydrogen) atoms. The molecule has 0 saturated carbocycles. The van der Waals surface area contributed by atoms with Crippen molar-refractivity contribution in [3.05, 3.63) is 28.8 Å². The Labute approximate surface area is 119 Å². The average molecular weight is 285 g/mol. The van der Waals surface area contributed by atoms with E-state index < -0.39 is 0 Å². The third-order valence-corrected chi connectivity index (χ3v) is 3.80. The van der Waals surface area contributed by atoms with Gasteiger partial charge in [-0.15, -0.1) is 0 Å². The minimum atomic E-state index is 0.0311. The summed E-state index contributed by atoms with van der Waals surface area (Å²) in [5, 5.41) is 19.1. The van der Waals surface area contributed by atoms with Gasteiger partial charge in [-0.25, -0.2) is 0 Å². The van der Waals surface area contributed by atoms with Gasteiger partial charge in [0, 0.05) is 42.5 Å². The highest BCUT2D eigenvalue weighted by Gasteiger charge is 2.17. The zero-order valence-corrected chi connectivity index (χ0v) is 11.8. The molecule has 0 aliphatic carbocycles. The van der Waals surface area contributed by atoms with E-state index >= 15 is 0 Å². The van der Waals surface area contributed by atoms with E-state index in [2.05, 4.69) is 9.80 Å². The molecule has 0 bridgehead atoms. The molecule has 1 aromatic carbocycles. The normalized spacial score (nSPS) is 17.5. The molecule has 1 aliphatic heterocycles. The molecule has 106 valence electrons. The number of halogens is 1. The molecule has 2 rings (SSSR count). The molecule has 0 aromatic heterocycles. The van der Waals surface area contributed by atoms with Gasteiger partial charge < -0.3 is 15.1 Å². The Kier molecular flexibility index (Phi) is 5.45. The van der Waals surface area contributed by atoms with Gasteiger partial charge in [0.15, 0.2) is 0 Å². The maximum absolute atomic E-state index is 9.43. The summed E-state index contributed by atoms with van der Waals surface area (Å²) in [6, 6.07) is 5.62. The third-order valence-electron chi connectivity index (χ3n) is 3.56. The van der Waals surface area contributed by atoms with Crippen molar-refractivity contribution in [2.45, 2.75) is 13.0 Å².